The van der Waals surface area contributed by atoms with Crippen molar-refractivity contribution in [1.82, 2.24) is 10.6 Å². The second-order valence-corrected chi connectivity index (χ2v) is 4.00. The zero-order chi connectivity index (χ0) is 10.5. The molecule has 0 aromatic heterocycles. The third-order valence-electron chi connectivity index (χ3n) is 2.85. The number of ether oxygens (including phenoxy) is 2. The summed E-state index contributed by atoms with van der Waals surface area (Å²) >= 11 is 0. The SMILES string of the molecule is O=C1NCCCC1NCC1CCOCO1. The lowest BCUT2D eigenvalue weighted by atomic mass is 10.1. The summed E-state index contributed by atoms with van der Waals surface area (Å²) in [6.45, 7) is 2.68. The number of carbonyl (C=O) groups excluding carboxylic acids is 1. The Hall–Kier alpha value is -0.650. The largest absolute Gasteiger partial charge is 0.355 e. The van der Waals surface area contributed by atoms with Gasteiger partial charge in [0.1, 0.15) is 6.79 Å². The summed E-state index contributed by atoms with van der Waals surface area (Å²) in [5.74, 6) is 0.119. The highest BCUT2D eigenvalue weighted by molar-refractivity contribution is 5.82. The summed E-state index contributed by atoms with van der Waals surface area (Å²) in [4.78, 5) is 11.4. The molecular weight excluding hydrogens is 196 g/mol. The first-order valence-corrected chi connectivity index (χ1v) is 5.57. The Morgan fingerprint density at radius 1 is 1.47 bits per heavy atom. The third kappa shape index (κ3) is 3.15. The molecule has 2 saturated heterocycles. The summed E-state index contributed by atoms with van der Waals surface area (Å²) in [5.41, 5.74) is 0. The molecule has 2 N–H and O–H groups in total. The molecule has 2 unspecified atom stereocenters. The molecule has 0 bridgehead atoms. The van der Waals surface area contributed by atoms with Crippen molar-refractivity contribution in [3.63, 3.8) is 0 Å². The van der Waals surface area contributed by atoms with Gasteiger partial charge in [0, 0.05) is 13.1 Å². The summed E-state index contributed by atoms with van der Waals surface area (Å²) < 4.78 is 10.5. The van der Waals surface area contributed by atoms with E-state index in [0.717, 1.165) is 39.0 Å². The molecule has 0 aliphatic carbocycles. The number of carbonyl (C=O) groups is 1. The maximum absolute atomic E-state index is 11.4. The van der Waals surface area contributed by atoms with E-state index in [1.165, 1.54) is 0 Å². The van der Waals surface area contributed by atoms with Crippen LogP contribution in [0.2, 0.25) is 0 Å². The first-order valence-electron chi connectivity index (χ1n) is 5.57. The van der Waals surface area contributed by atoms with Crippen LogP contribution in [0.1, 0.15) is 19.3 Å². The summed E-state index contributed by atoms with van der Waals surface area (Å²) in [6.07, 6.45) is 3.07. The van der Waals surface area contributed by atoms with Crippen LogP contribution in [-0.4, -0.2) is 44.5 Å². The fourth-order valence-electron chi connectivity index (χ4n) is 1.90. The van der Waals surface area contributed by atoms with Crippen molar-refractivity contribution in [1.29, 1.82) is 0 Å². The van der Waals surface area contributed by atoms with E-state index in [2.05, 4.69) is 10.6 Å². The fraction of sp³-hybridized carbons (Fsp3) is 0.900. The number of nitrogens with one attached hydrogen (secondary N) is 2. The topological polar surface area (TPSA) is 59.6 Å². The van der Waals surface area contributed by atoms with E-state index in [4.69, 9.17) is 9.47 Å². The minimum atomic E-state index is -0.0369. The third-order valence-corrected chi connectivity index (χ3v) is 2.85. The van der Waals surface area contributed by atoms with Crippen molar-refractivity contribution in [2.45, 2.75) is 31.4 Å². The van der Waals surface area contributed by atoms with E-state index in [-0.39, 0.29) is 18.1 Å². The maximum Gasteiger partial charge on any atom is 0.237 e. The van der Waals surface area contributed by atoms with Gasteiger partial charge < -0.3 is 20.1 Å². The van der Waals surface area contributed by atoms with E-state index in [0.29, 0.717) is 6.79 Å². The second kappa shape index (κ2) is 5.44. The summed E-state index contributed by atoms with van der Waals surface area (Å²) in [6, 6.07) is -0.0369. The molecule has 5 heteroatoms. The Kier molecular flexibility index (Phi) is 3.94. The summed E-state index contributed by atoms with van der Waals surface area (Å²) in [5, 5.41) is 6.10. The number of rotatable bonds is 3. The zero-order valence-corrected chi connectivity index (χ0v) is 8.83. The lowest BCUT2D eigenvalue weighted by Crippen LogP contribution is -2.50. The van der Waals surface area contributed by atoms with Crippen LogP contribution in [0.4, 0.5) is 0 Å². The van der Waals surface area contributed by atoms with Crippen LogP contribution in [0.3, 0.4) is 0 Å². The highest BCUT2D eigenvalue weighted by atomic mass is 16.7. The minimum absolute atomic E-state index is 0.0369. The maximum atomic E-state index is 11.4. The van der Waals surface area contributed by atoms with E-state index in [9.17, 15) is 4.79 Å². The van der Waals surface area contributed by atoms with Crippen LogP contribution in [0, 0.1) is 0 Å². The average Bonchev–Trinajstić information content (AvgIpc) is 2.29. The standard InChI is InChI=1S/C10H18N2O3/c13-10-9(2-1-4-11-10)12-6-8-3-5-14-7-15-8/h8-9,12H,1-7H2,(H,11,13). The van der Waals surface area contributed by atoms with Crippen LogP contribution < -0.4 is 10.6 Å². The van der Waals surface area contributed by atoms with Gasteiger partial charge in [-0.25, -0.2) is 0 Å². The predicted octanol–water partition coefficient (Wildman–Crippen LogP) is -0.382. The lowest BCUT2D eigenvalue weighted by molar-refractivity contribution is -0.139. The number of piperidine rings is 1. The van der Waals surface area contributed by atoms with Gasteiger partial charge in [0.05, 0.1) is 18.8 Å². The second-order valence-electron chi connectivity index (χ2n) is 4.00. The van der Waals surface area contributed by atoms with E-state index in [1.54, 1.807) is 0 Å². The lowest BCUT2D eigenvalue weighted by Gasteiger charge is -2.27. The van der Waals surface area contributed by atoms with Gasteiger partial charge in [0.15, 0.2) is 0 Å². The molecule has 2 aliphatic rings. The minimum Gasteiger partial charge on any atom is -0.355 e. The molecule has 1 amide bonds. The molecule has 0 radical (unpaired) electrons. The molecule has 2 aliphatic heterocycles. The van der Waals surface area contributed by atoms with E-state index in [1.807, 2.05) is 0 Å². The van der Waals surface area contributed by atoms with Crippen molar-refractivity contribution in [2.75, 3.05) is 26.5 Å². The smallest absolute Gasteiger partial charge is 0.237 e. The Morgan fingerprint density at radius 3 is 3.13 bits per heavy atom. The Labute approximate surface area is 89.5 Å². The predicted molar refractivity (Wildman–Crippen MR) is 54.3 cm³/mol. The van der Waals surface area contributed by atoms with E-state index >= 15 is 0 Å². The zero-order valence-electron chi connectivity index (χ0n) is 8.83. The van der Waals surface area contributed by atoms with Crippen LogP contribution in [0.5, 0.6) is 0 Å². The van der Waals surface area contributed by atoms with Gasteiger partial charge >= 0.3 is 0 Å². The first kappa shape index (κ1) is 10.9. The molecule has 86 valence electrons. The highest BCUT2D eigenvalue weighted by Crippen LogP contribution is 2.07. The highest BCUT2D eigenvalue weighted by Gasteiger charge is 2.23. The first-order chi connectivity index (χ1) is 7.36. The molecule has 15 heavy (non-hydrogen) atoms. The molecule has 2 rings (SSSR count). The van der Waals surface area contributed by atoms with Crippen LogP contribution >= 0.6 is 0 Å². The number of hydrogen-bond donors (Lipinski definition) is 2. The Balaban J connectivity index is 1.69. The van der Waals surface area contributed by atoms with Gasteiger partial charge in [-0.1, -0.05) is 0 Å². The number of hydrogen-bond acceptors (Lipinski definition) is 4. The fourth-order valence-corrected chi connectivity index (χ4v) is 1.90. The quantitative estimate of drug-likeness (QED) is 0.672. The molecule has 0 saturated carbocycles. The molecule has 2 atom stereocenters. The van der Waals surface area contributed by atoms with Gasteiger partial charge in [0.25, 0.3) is 0 Å². The monoisotopic (exact) mass is 214 g/mol. The summed E-state index contributed by atoms with van der Waals surface area (Å²) in [7, 11) is 0. The Bertz CT molecular complexity index is 217. The molecule has 0 spiro atoms. The molecule has 0 aromatic carbocycles. The van der Waals surface area contributed by atoms with Gasteiger partial charge in [-0.15, -0.1) is 0 Å². The molecule has 2 heterocycles. The van der Waals surface area contributed by atoms with E-state index < -0.39 is 0 Å². The van der Waals surface area contributed by atoms with Gasteiger partial charge in [-0.3, -0.25) is 4.79 Å². The Morgan fingerprint density at radius 2 is 2.40 bits per heavy atom. The average molecular weight is 214 g/mol. The van der Waals surface area contributed by atoms with Crippen LogP contribution in [0.25, 0.3) is 0 Å². The molecule has 5 nitrogen and oxygen atoms in total. The number of amides is 1. The molecule has 0 aromatic rings. The molecular formula is C10H18N2O3. The van der Waals surface area contributed by atoms with Gasteiger partial charge in [-0.05, 0) is 19.3 Å². The van der Waals surface area contributed by atoms with Crippen molar-refractivity contribution in [2.24, 2.45) is 0 Å². The van der Waals surface area contributed by atoms with Gasteiger partial charge in [0.2, 0.25) is 5.91 Å². The van der Waals surface area contributed by atoms with Crippen molar-refractivity contribution < 1.29 is 14.3 Å². The van der Waals surface area contributed by atoms with Crippen LogP contribution in [0.15, 0.2) is 0 Å². The van der Waals surface area contributed by atoms with Crippen molar-refractivity contribution in [3.05, 3.63) is 0 Å². The van der Waals surface area contributed by atoms with Crippen molar-refractivity contribution >= 4 is 5.91 Å². The van der Waals surface area contributed by atoms with Gasteiger partial charge in [-0.2, -0.15) is 0 Å². The molecule has 2 fully saturated rings. The van der Waals surface area contributed by atoms with Crippen molar-refractivity contribution in [3.8, 4) is 0 Å². The van der Waals surface area contributed by atoms with Crippen LogP contribution in [-0.2, 0) is 14.3 Å². The normalized spacial score (nSPS) is 32.4.